The Hall–Kier alpha value is -1.02. The van der Waals surface area contributed by atoms with Crippen LogP contribution in [-0.4, -0.2) is 0 Å². The number of aryl methyl sites for hydroxylation is 1. The van der Waals surface area contributed by atoms with Crippen LogP contribution in [0.2, 0.25) is 10.0 Å². The Bertz CT molecular complexity index is 537. The third-order valence-electron chi connectivity index (χ3n) is 2.75. The van der Waals surface area contributed by atoms with Crippen molar-refractivity contribution in [2.75, 3.05) is 0 Å². The van der Waals surface area contributed by atoms with Gasteiger partial charge in [-0.3, -0.25) is 0 Å². The van der Waals surface area contributed by atoms with Crippen molar-refractivity contribution in [3.8, 4) is 0 Å². The number of benzene rings is 2. The third-order valence-corrected chi connectivity index (χ3v) is 3.41. The van der Waals surface area contributed by atoms with E-state index in [2.05, 4.69) is 0 Å². The first-order valence-corrected chi connectivity index (χ1v) is 6.10. The molecule has 1 nitrogen and oxygen atoms in total. The first kappa shape index (κ1) is 12.4. The SMILES string of the molecule is Cc1cc(C(N)c2cccc(Cl)c2)ccc1Cl. The van der Waals surface area contributed by atoms with Gasteiger partial charge in [0.2, 0.25) is 0 Å². The van der Waals surface area contributed by atoms with E-state index in [-0.39, 0.29) is 6.04 Å². The van der Waals surface area contributed by atoms with Crippen LogP contribution in [0.25, 0.3) is 0 Å². The van der Waals surface area contributed by atoms with Crippen LogP contribution in [0, 0.1) is 6.92 Å². The van der Waals surface area contributed by atoms with Crippen LogP contribution in [-0.2, 0) is 0 Å². The summed E-state index contributed by atoms with van der Waals surface area (Å²) in [6.07, 6.45) is 0. The molecule has 0 aliphatic rings. The predicted molar refractivity (Wildman–Crippen MR) is 73.7 cm³/mol. The average molecular weight is 266 g/mol. The highest BCUT2D eigenvalue weighted by molar-refractivity contribution is 6.31. The van der Waals surface area contributed by atoms with Gasteiger partial charge in [0.15, 0.2) is 0 Å². The second-order valence-electron chi connectivity index (χ2n) is 4.04. The van der Waals surface area contributed by atoms with Gasteiger partial charge in [-0.2, -0.15) is 0 Å². The lowest BCUT2D eigenvalue weighted by molar-refractivity contribution is 0.870. The highest BCUT2D eigenvalue weighted by atomic mass is 35.5. The van der Waals surface area contributed by atoms with Gasteiger partial charge in [0.25, 0.3) is 0 Å². The van der Waals surface area contributed by atoms with Crippen LogP contribution in [0.4, 0.5) is 0 Å². The minimum absolute atomic E-state index is 0.176. The fourth-order valence-corrected chi connectivity index (χ4v) is 2.07. The number of halogens is 2. The van der Waals surface area contributed by atoms with Crippen molar-refractivity contribution in [1.82, 2.24) is 0 Å². The second-order valence-corrected chi connectivity index (χ2v) is 4.88. The van der Waals surface area contributed by atoms with Gasteiger partial charge in [-0.25, -0.2) is 0 Å². The lowest BCUT2D eigenvalue weighted by Crippen LogP contribution is -2.11. The van der Waals surface area contributed by atoms with Crippen LogP contribution >= 0.6 is 23.2 Å². The normalized spacial score (nSPS) is 12.5. The Kier molecular flexibility index (Phi) is 3.72. The summed E-state index contributed by atoms with van der Waals surface area (Å²) < 4.78 is 0. The molecule has 0 aliphatic heterocycles. The lowest BCUT2D eigenvalue weighted by Gasteiger charge is -2.14. The summed E-state index contributed by atoms with van der Waals surface area (Å²) in [6, 6.07) is 13.2. The summed E-state index contributed by atoms with van der Waals surface area (Å²) in [5.41, 5.74) is 9.27. The van der Waals surface area contributed by atoms with Gasteiger partial charge in [0.05, 0.1) is 6.04 Å². The van der Waals surface area contributed by atoms with E-state index in [0.29, 0.717) is 5.02 Å². The van der Waals surface area contributed by atoms with Crippen LogP contribution < -0.4 is 5.73 Å². The molecule has 0 spiro atoms. The van der Waals surface area contributed by atoms with Gasteiger partial charge in [0.1, 0.15) is 0 Å². The number of rotatable bonds is 2. The fraction of sp³-hybridized carbons (Fsp3) is 0.143. The molecule has 17 heavy (non-hydrogen) atoms. The van der Waals surface area contributed by atoms with Gasteiger partial charge < -0.3 is 5.73 Å². The largest absolute Gasteiger partial charge is 0.320 e. The maximum absolute atomic E-state index is 6.20. The monoisotopic (exact) mass is 265 g/mol. The third kappa shape index (κ3) is 2.81. The van der Waals surface area contributed by atoms with Crippen molar-refractivity contribution in [3.05, 3.63) is 69.2 Å². The van der Waals surface area contributed by atoms with Gasteiger partial charge in [-0.05, 0) is 41.8 Å². The molecule has 0 aromatic heterocycles. The number of nitrogens with two attached hydrogens (primary N) is 1. The molecule has 0 amide bonds. The van der Waals surface area contributed by atoms with Gasteiger partial charge in [-0.15, -0.1) is 0 Å². The zero-order valence-corrected chi connectivity index (χ0v) is 11.0. The maximum atomic E-state index is 6.20. The Morgan fingerprint density at radius 1 is 1.00 bits per heavy atom. The highest BCUT2D eigenvalue weighted by Crippen LogP contribution is 2.25. The van der Waals surface area contributed by atoms with Crippen LogP contribution in [0.5, 0.6) is 0 Å². The van der Waals surface area contributed by atoms with Crippen molar-refractivity contribution in [2.45, 2.75) is 13.0 Å². The van der Waals surface area contributed by atoms with Crippen molar-refractivity contribution < 1.29 is 0 Å². The van der Waals surface area contributed by atoms with Gasteiger partial charge in [0, 0.05) is 10.0 Å². The zero-order chi connectivity index (χ0) is 12.4. The predicted octanol–water partition coefficient (Wildman–Crippen LogP) is 4.35. The minimum atomic E-state index is -0.176. The van der Waals surface area contributed by atoms with Crippen molar-refractivity contribution in [2.24, 2.45) is 5.73 Å². The standard InChI is InChI=1S/C14H13Cl2N/c1-9-7-11(5-6-13(9)16)14(17)10-3-2-4-12(15)8-10/h2-8,14H,17H2,1H3. The lowest BCUT2D eigenvalue weighted by atomic mass is 9.98. The van der Waals surface area contributed by atoms with E-state index in [1.807, 2.05) is 49.4 Å². The topological polar surface area (TPSA) is 26.0 Å². The Morgan fingerprint density at radius 2 is 1.71 bits per heavy atom. The molecule has 0 saturated heterocycles. The smallest absolute Gasteiger partial charge is 0.0552 e. The second kappa shape index (κ2) is 5.09. The van der Waals surface area contributed by atoms with Crippen LogP contribution in [0.3, 0.4) is 0 Å². The van der Waals surface area contributed by atoms with Gasteiger partial charge in [-0.1, -0.05) is 47.5 Å². The van der Waals surface area contributed by atoms with Crippen molar-refractivity contribution in [3.63, 3.8) is 0 Å². The molecule has 1 atom stereocenters. The zero-order valence-electron chi connectivity index (χ0n) is 9.45. The van der Waals surface area contributed by atoms with Crippen molar-refractivity contribution >= 4 is 23.2 Å². The minimum Gasteiger partial charge on any atom is -0.320 e. The Labute approximate surface area is 111 Å². The molecule has 0 saturated carbocycles. The van der Waals surface area contributed by atoms with Crippen LogP contribution in [0.15, 0.2) is 42.5 Å². The molecule has 0 bridgehead atoms. The molecule has 3 heteroatoms. The van der Waals surface area contributed by atoms with E-state index in [4.69, 9.17) is 28.9 Å². The molecule has 0 fully saturated rings. The molecular weight excluding hydrogens is 253 g/mol. The fourth-order valence-electron chi connectivity index (χ4n) is 1.75. The summed E-state index contributed by atoms with van der Waals surface area (Å²) in [7, 11) is 0. The van der Waals surface area contributed by atoms with E-state index in [1.165, 1.54) is 0 Å². The molecule has 0 heterocycles. The Morgan fingerprint density at radius 3 is 2.35 bits per heavy atom. The number of hydrogen-bond acceptors (Lipinski definition) is 1. The first-order valence-electron chi connectivity index (χ1n) is 5.35. The molecule has 1 unspecified atom stereocenters. The molecule has 0 radical (unpaired) electrons. The highest BCUT2D eigenvalue weighted by Gasteiger charge is 2.10. The maximum Gasteiger partial charge on any atom is 0.0552 e. The summed E-state index contributed by atoms with van der Waals surface area (Å²) in [4.78, 5) is 0. The summed E-state index contributed by atoms with van der Waals surface area (Å²) in [5.74, 6) is 0. The molecule has 2 rings (SSSR count). The number of hydrogen-bond donors (Lipinski definition) is 1. The molecular formula is C14H13Cl2N. The molecule has 2 aromatic rings. The Balaban J connectivity index is 2.36. The van der Waals surface area contributed by atoms with E-state index >= 15 is 0 Å². The molecule has 2 N–H and O–H groups in total. The molecule has 88 valence electrons. The summed E-state index contributed by atoms with van der Waals surface area (Å²) >= 11 is 12.0. The van der Waals surface area contributed by atoms with E-state index in [1.54, 1.807) is 0 Å². The van der Waals surface area contributed by atoms with E-state index in [0.717, 1.165) is 21.7 Å². The van der Waals surface area contributed by atoms with Crippen LogP contribution in [0.1, 0.15) is 22.7 Å². The van der Waals surface area contributed by atoms with E-state index < -0.39 is 0 Å². The molecule has 0 aliphatic carbocycles. The quantitative estimate of drug-likeness (QED) is 0.859. The summed E-state index contributed by atoms with van der Waals surface area (Å²) in [6.45, 7) is 1.97. The van der Waals surface area contributed by atoms with Gasteiger partial charge >= 0.3 is 0 Å². The molecule has 2 aromatic carbocycles. The van der Waals surface area contributed by atoms with E-state index in [9.17, 15) is 0 Å². The first-order chi connectivity index (χ1) is 8.08. The van der Waals surface area contributed by atoms with Crippen molar-refractivity contribution in [1.29, 1.82) is 0 Å². The summed E-state index contributed by atoms with van der Waals surface area (Å²) in [5, 5.41) is 1.45. The average Bonchev–Trinajstić information content (AvgIpc) is 2.32.